The van der Waals surface area contributed by atoms with Gasteiger partial charge in [-0.2, -0.15) is 0 Å². The molecule has 7 nitrogen and oxygen atoms in total. The third-order valence-corrected chi connectivity index (χ3v) is 10.8. The van der Waals surface area contributed by atoms with Crippen molar-refractivity contribution in [1.29, 1.82) is 0 Å². The average molecular weight is 693 g/mol. The van der Waals surface area contributed by atoms with Gasteiger partial charge in [-0.25, -0.2) is 8.42 Å². The molecule has 0 aromatic heterocycles. The summed E-state index contributed by atoms with van der Waals surface area (Å²) in [5.74, 6) is -0.814. The number of sulfonamides is 1. The first-order valence-electron chi connectivity index (χ1n) is 15.7. The van der Waals surface area contributed by atoms with Gasteiger partial charge in [0.1, 0.15) is 12.6 Å². The Labute approximate surface area is 287 Å². The molecule has 5 rings (SSSR count). The van der Waals surface area contributed by atoms with Crippen molar-refractivity contribution in [3.05, 3.63) is 129 Å². The van der Waals surface area contributed by atoms with Gasteiger partial charge in [0.15, 0.2) is 0 Å². The van der Waals surface area contributed by atoms with Crippen molar-refractivity contribution in [2.24, 2.45) is 0 Å². The van der Waals surface area contributed by atoms with Crippen LogP contribution < -0.4 is 9.62 Å². The van der Waals surface area contributed by atoms with Gasteiger partial charge in [0.2, 0.25) is 11.8 Å². The number of benzene rings is 4. The number of carbonyl (C=O) groups excluding carboxylic acids is 2. The second-order valence-electron chi connectivity index (χ2n) is 12.1. The highest BCUT2D eigenvalue weighted by Gasteiger charge is 2.36. The number of carbonyl (C=O) groups is 2. The number of anilines is 1. The molecule has 1 aliphatic carbocycles. The van der Waals surface area contributed by atoms with E-state index in [9.17, 15) is 18.0 Å². The summed E-state index contributed by atoms with van der Waals surface area (Å²) in [6.07, 6.45) is 4.06. The monoisotopic (exact) mass is 691 g/mol. The molecule has 10 heteroatoms. The molecular formula is C37H39Cl2N3O4S. The molecule has 1 saturated carbocycles. The van der Waals surface area contributed by atoms with Gasteiger partial charge in [-0.15, -0.1) is 0 Å². The van der Waals surface area contributed by atoms with Gasteiger partial charge in [-0.1, -0.05) is 102 Å². The third-order valence-electron chi connectivity index (χ3n) is 8.54. The van der Waals surface area contributed by atoms with Gasteiger partial charge >= 0.3 is 0 Å². The fraction of sp³-hybridized carbons (Fsp3) is 0.297. The molecule has 0 heterocycles. The molecule has 1 fully saturated rings. The Kier molecular flexibility index (Phi) is 11.3. The maximum atomic E-state index is 14.7. The summed E-state index contributed by atoms with van der Waals surface area (Å²) in [5, 5.41) is 4.00. The van der Waals surface area contributed by atoms with E-state index in [1.54, 1.807) is 55.5 Å². The first-order chi connectivity index (χ1) is 22.5. The smallest absolute Gasteiger partial charge is 0.264 e. The van der Waals surface area contributed by atoms with Gasteiger partial charge < -0.3 is 10.2 Å². The largest absolute Gasteiger partial charge is 0.352 e. The van der Waals surface area contributed by atoms with E-state index < -0.39 is 28.5 Å². The van der Waals surface area contributed by atoms with Crippen molar-refractivity contribution < 1.29 is 18.0 Å². The molecule has 0 radical (unpaired) electrons. The van der Waals surface area contributed by atoms with Crippen LogP contribution in [0.5, 0.6) is 0 Å². The number of nitrogens with one attached hydrogen (secondary N) is 1. The number of amides is 2. The fourth-order valence-electron chi connectivity index (χ4n) is 5.96. The van der Waals surface area contributed by atoms with Gasteiger partial charge in [0.25, 0.3) is 10.0 Å². The molecule has 4 aromatic rings. The van der Waals surface area contributed by atoms with E-state index in [2.05, 4.69) is 5.32 Å². The summed E-state index contributed by atoms with van der Waals surface area (Å²) in [6, 6.07) is 27.1. The van der Waals surface area contributed by atoms with E-state index in [4.69, 9.17) is 23.2 Å². The van der Waals surface area contributed by atoms with Crippen LogP contribution in [0.2, 0.25) is 10.0 Å². The van der Waals surface area contributed by atoms with Crippen LogP contribution in [0.4, 0.5) is 5.69 Å². The summed E-state index contributed by atoms with van der Waals surface area (Å²) >= 11 is 12.7. The van der Waals surface area contributed by atoms with E-state index in [0.717, 1.165) is 41.1 Å². The lowest BCUT2D eigenvalue weighted by Gasteiger charge is -2.34. The summed E-state index contributed by atoms with van der Waals surface area (Å²) < 4.78 is 29.7. The first kappa shape index (κ1) is 34.5. The number of nitrogens with zero attached hydrogens (tertiary/aromatic N) is 2. The molecule has 0 aliphatic heterocycles. The second-order valence-corrected chi connectivity index (χ2v) is 14.8. The molecule has 246 valence electrons. The van der Waals surface area contributed by atoms with Crippen LogP contribution in [0.1, 0.15) is 47.9 Å². The molecule has 1 N–H and O–H groups in total. The van der Waals surface area contributed by atoms with Crippen molar-refractivity contribution >= 4 is 50.7 Å². The third kappa shape index (κ3) is 8.74. The van der Waals surface area contributed by atoms with Gasteiger partial charge in [-0.3, -0.25) is 13.9 Å². The van der Waals surface area contributed by atoms with Crippen molar-refractivity contribution in [3.8, 4) is 0 Å². The van der Waals surface area contributed by atoms with Crippen LogP contribution in [0.3, 0.4) is 0 Å². The standard InChI is InChI=1S/C37H39Cl2N3O4S/c1-26-15-19-33(20-16-26)47(45,46)42(34-23-31(39)18-17-27(34)2)25-36(43)41(24-29-11-8-12-30(38)21-29)35(22-28-9-4-3-5-10-28)37(44)40-32-13-6-7-14-32/h3-5,8-12,15-21,23,32,35H,6-7,13-14,22,24-25H2,1-2H3,(H,40,44)/t35-/m1/s1. The predicted molar refractivity (Wildman–Crippen MR) is 188 cm³/mol. The lowest BCUT2D eigenvalue weighted by atomic mass is 10.0. The summed E-state index contributed by atoms with van der Waals surface area (Å²) in [4.78, 5) is 30.3. The molecule has 0 bridgehead atoms. The molecule has 1 atom stereocenters. The lowest BCUT2D eigenvalue weighted by Crippen LogP contribution is -2.54. The van der Waals surface area contributed by atoms with Crippen LogP contribution >= 0.6 is 23.2 Å². The van der Waals surface area contributed by atoms with Crippen molar-refractivity contribution in [3.63, 3.8) is 0 Å². The Morgan fingerprint density at radius 1 is 0.830 bits per heavy atom. The predicted octanol–water partition coefficient (Wildman–Crippen LogP) is 7.50. The minimum absolute atomic E-state index is 0.0245. The van der Waals surface area contributed by atoms with Gasteiger partial charge in [0.05, 0.1) is 10.6 Å². The highest BCUT2D eigenvalue weighted by Crippen LogP contribution is 2.30. The Balaban J connectivity index is 1.59. The Bertz CT molecular complexity index is 1810. The zero-order valence-electron chi connectivity index (χ0n) is 26.5. The summed E-state index contributed by atoms with van der Waals surface area (Å²) in [5.41, 5.74) is 3.39. The van der Waals surface area contributed by atoms with Crippen molar-refractivity contribution in [2.75, 3.05) is 10.8 Å². The van der Waals surface area contributed by atoms with Crippen LogP contribution in [0, 0.1) is 13.8 Å². The summed E-state index contributed by atoms with van der Waals surface area (Å²) in [7, 11) is -4.24. The number of aryl methyl sites for hydroxylation is 2. The minimum atomic E-state index is -4.24. The number of halogens is 2. The zero-order chi connectivity index (χ0) is 33.6. The SMILES string of the molecule is Cc1ccc(S(=O)(=O)N(CC(=O)N(Cc2cccc(Cl)c2)[C@H](Cc2ccccc2)C(=O)NC2CCCC2)c2cc(Cl)ccc2C)cc1. The lowest BCUT2D eigenvalue weighted by molar-refractivity contribution is -0.140. The number of hydrogen-bond acceptors (Lipinski definition) is 4. The maximum Gasteiger partial charge on any atom is 0.264 e. The van der Waals surface area contributed by atoms with Gasteiger partial charge in [-0.05, 0) is 79.8 Å². The quantitative estimate of drug-likeness (QED) is 0.167. The molecule has 0 spiro atoms. The van der Waals surface area contributed by atoms with E-state index in [0.29, 0.717) is 21.2 Å². The van der Waals surface area contributed by atoms with Crippen molar-refractivity contribution in [2.45, 2.75) is 69.5 Å². The normalized spacial score (nSPS) is 14.0. The molecule has 2 amide bonds. The minimum Gasteiger partial charge on any atom is -0.352 e. The molecule has 1 aliphatic rings. The molecule has 0 unspecified atom stereocenters. The molecule has 4 aromatic carbocycles. The molecule has 47 heavy (non-hydrogen) atoms. The average Bonchev–Trinajstić information content (AvgIpc) is 3.56. The maximum absolute atomic E-state index is 14.7. The zero-order valence-corrected chi connectivity index (χ0v) is 28.9. The molecular weight excluding hydrogens is 653 g/mol. The highest BCUT2D eigenvalue weighted by molar-refractivity contribution is 7.92. The number of hydrogen-bond donors (Lipinski definition) is 1. The van der Waals surface area contributed by atoms with E-state index in [-0.39, 0.29) is 35.5 Å². The first-order valence-corrected chi connectivity index (χ1v) is 17.9. The van der Waals surface area contributed by atoms with Crippen LogP contribution in [-0.4, -0.2) is 43.8 Å². The van der Waals surface area contributed by atoms with E-state index in [1.807, 2.05) is 43.3 Å². The number of rotatable bonds is 12. The highest BCUT2D eigenvalue weighted by atomic mass is 35.5. The Morgan fingerprint density at radius 3 is 2.17 bits per heavy atom. The van der Waals surface area contributed by atoms with E-state index >= 15 is 0 Å². The van der Waals surface area contributed by atoms with E-state index in [1.165, 1.54) is 17.0 Å². The van der Waals surface area contributed by atoms with Crippen LogP contribution in [0.15, 0.2) is 102 Å². The topological polar surface area (TPSA) is 86.8 Å². The fourth-order valence-corrected chi connectivity index (χ4v) is 7.81. The Hall–Kier alpha value is -3.85. The molecule has 0 saturated heterocycles. The van der Waals surface area contributed by atoms with Crippen LogP contribution in [0.25, 0.3) is 0 Å². The second kappa shape index (κ2) is 15.4. The summed E-state index contributed by atoms with van der Waals surface area (Å²) in [6.45, 7) is 3.13. The van der Waals surface area contributed by atoms with Crippen molar-refractivity contribution in [1.82, 2.24) is 10.2 Å². The Morgan fingerprint density at radius 2 is 1.49 bits per heavy atom. The van der Waals surface area contributed by atoms with Gasteiger partial charge in [0, 0.05) is 29.1 Å². The van der Waals surface area contributed by atoms with Crippen LogP contribution in [-0.2, 0) is 32.6 Å².